The second-order valence-electron chi connectivity index (χ2n) is 6.30. The molecule has 2 amide bonds. The van der Waals surface area contributed by atoms with E-state index in [1.807, 2.05) is 0 Å². The van der Waals surface area contributed by atoms with Gasteiger partial charge in [0.2, 0.25) is 5.91 Å². The SMILES string of the molecule is CC(C)(C)OC(=O)NCCC(=O)NCc1cn2cc(Cl)ccc2n1. The van der Waals surface area contributed by atoms with Crippen LogP contribution in [0.1, 0.15) is 32.9 Å². The van der Waals surface area contributed by atoms with Crippen LogP contribution in [0.4, 0.5) is 4.79 Å². The molecule has 2 aromatic heterocycles. The Morgan fingerprint density at radius 2 is 2.00 bits per heavy atom. The van der Waals surface area contributed by atoms with Crippen molar-refractivity contribution < 1.29 is 14.3 Å². The minimum absolute atomic E-state index is 0.165. The molecule has 2 N–H and O–H groups in total. The van der Waals surface area contributed by atoms with Crippen LogP contribution in [0.5, 0.6) is 0 Å². The zero-order chi connectivity index (χ0) is 17.7. The predicted octanol–water partition coefficient (Wildman–Crippen LogP) is 2.52. The van der Waals surface area contributed by atoms with Crippen molar-refractivity contribution in [2.75, 3.05) is 6.54 Å². The molecule has 0 aliphatic rings. The largest absolute Gasteiger partial charge is 0.444 e. The van der Waals surface area contributed by atoms with E-state index in [1.165, 1.54) is 0 Å². The Morgan fingerprint density at radius 3 is 2.71 bits per heavy atom. The fraction of sp³-hybridized carbons (Fsp3) is 0.438. The number of rotatable bonds is 5. The Morgan fingerprint density at radius 1 is 1.25 bits per heavy atom. The minimum Gasteiger partial charge on any atom is -0.444 e. The molecule has 8 heteroatoms. The summed E-state index contributed by atoms with van der Waals surface area (Å²) in [5.74, 6) is -0.179. The zero-order valence-corrected chi connectivity index (χ0v) is 14.7. The van der Waals surface area contributed by atoms with E-state index < -0.39 is 11.7 Å². The van der Waals surface area contributed by atoms with Crippen molar-refractivity contribution in [1.29, 1.82) is 0 Å². The van der Waals surface area contributed by atoms with Crippen molar-refractivity contribution in [3.8, 4) is 0 Å². The second-order valence-corrected chi connectivity index (χ2v) is 6.74. The molecule has 2 aromatic rings. The van der Waals surface area contributed by atoms with Gasteiger partial charge in [0, 0.05) is 25.4 Å². The molecule has 0 fully saturated rings. The molecule has 0 aliphatic carbocycles. The highest BCUT2D eigenvalue weighted by Crippen LogP contribution is 2.11. The summed E-state index contributed by atoms with van der Waals surface area (Å²) in [4.78, 5) is 27.6. The first kappa shape index (κ1) is 18.1. The molecule has 0 spiro atoms. The summed E-state index contributed by atoms with van der Waals surface area (Å²) in [5, 5.41) is 5.91. The molecule has 0 bridgehead atoms. The number of ether oxygens (including phenoxy) is 1. The number of carbonyl (C=O) groups excluding carboxylic acids is 2. The molecule has 2 heterocycles. The second kappa shape index (κ2) is 7.53. The van der Waals surface area contributed by atoms with Crippen LogP contribution in [0.2, 0.25) is 5.02 Å². The van der Waals surface area contributed by atoms with Gasteiger partial charge in [0.15, 0.2) is 0 Å². The first-order chi connectivity index (χ1) is 11.2. The van der Waals surface area contributed by atoms with Gasteiger partial charge in [0.05, 0.1) is 17.3 Å². The molecule has 130 valence electrons. The molecular formula is C16H21ClN4O3. The third kappa shape index (κ3) is 5.73. The average Bonchev–Trinajstić information content (AvgIpc) is 2.85. The summed E-state index contributed by atoms with van der Waals surface area (Å²) in [7, 11) is 0. The molecule has 24 heavy (non-hydrogen) atoms. The van der Waals surface area contributed by atoms with Gasteiger partial charge in [-0.05, 0) is 32.9 Å². The summed E-state index contributed by atoms with van der Waals surface area (Å²) in [6.45, 7) is 5.86. The van der Waals surface area contributed by atoms with E-state index in [1.54, 1.807) is 49.7 Å². The molecule has 0 saturated heterocycles. The van der Waals surface area contributed by atoms with Crippen molar-refractivity contribution in [2.24, 2.45) is 0 Å². The lowest BCUT2D eigenvalue weighted by atomic mass is 10.2. The monoisotopic (exact) mass is 352 g/mol. The van der Waals surface area contributed by atoms with E-state index in [0.717, 1.165) is 11.3 Å². The number of hydrogen-bond donors (Lipinski definition) is 2. The van der Waals surface area contributed by atoms with Gasteiger partial charge in [-0.3, -0.25) is 4.79 Å². The van der Waals surface area contributed by atoms with Gasteiger partial charge >= 0.3 is 6.09 Å². The topological polar surface area (TPSA) is 84.7 Å². The number of alkyl carbamates (subject to hydrolysis) is 1. The molecule has 0 unspecified atom stereocenters. The van der Waals surface area contributed by atoms with Gasteiger partial charge in [0.25, 0.3) is 0 Å². The van der Waals surface area contributed by atoms with E-state index in [0.29, 0.717) is 11.6 Å². The van der Waals surface area contributed by atoms with Crippen molar-refractivity contribution in [1.82, 2.24) is 20.0 Å². The smallest absolute Gasteiger partial charge is 0.407 e. The minimum atomic E-state index is -0.557. The molecule has 7 nitrogen and oxygen atoms in total. The number of amides is 2. The Balaban J connectivity index is 1.73. The van der Waals surface area contributed by atoms with Crippen LogP contribution in [0.25, 0.3) is 5.65 Å². The summed E-state index contributed by atoms with van der Waals surface area (Å²) in [5.41, 5.74) is 0.930. The zero-order valence-electron chi connectivity index (χ0n) is 13.9. The number of aromatic nitrogens is 2. The van der Waals surface area contributed by atoms with Gasteiger partial charge in [0.1, 0.15) is 11.2 Å². The summed E-state index contributed by atoms with van der Waals surface area (Å²) < 4.78 is 6.89. The Kier molecular flexibility index (Phi) is 5.66. The number of nitrogens with one attached hydrogen (secondary N) is 2. The molecule has 0 saturated carbocycles. The number of nitrogens with zero attached hydrogens (tertiary/aromatic N) is 2. The summed E-state index contributed by atoms with van der Waals surface area (Å²) in [6, 6.07) is 3.56. The van der Waals surface area contributed by atoms with E-state index in [4.69, 9.17) is 16.3 Å². The number of carbonyl (C=O) groups is 2. The van der Waals surface area contributed by atoms with Gasteiger partial charge < -0.3 is 19.8 Å². The number of pyridine rings is 1. The van der Waals surface area contributed by atoms with Crippen LogP contribution in [-0.4, -0.2) is 33.5 Å². The van der Waals surface area contributed by atoms with Gasteiger partial charge in [-0.15, -0.1) is 0 Å². The maximum Gasteiger partial charge on any atom is 0.407 e. The Labute approximate surface area is 145 Å². The fourth-order valence-corrected chi connectivity index (χ4v) is 2.14. The number of halogens is 1. The Hall–Kier alpha value is -2.28. The number of hydrogen-bond acceptors (Lipinski definition) is 4. The third-order valence-corrected chi connectivity index (χ3v) is 3.18. The molecule has 0 atom stereocenters. The van der Waals surface area contributed by atoms with Crippen molar-refractivity contribution >= 4 is 29.2 Å². The van der Waals surface area contributed by atoms with Crippen LogP contribution in [0.3, 0.4) is 0 Å². The van der Waals surface area contributed by atoms with Crippen molar-refractivity contribution in [3.63, 3.8) is 0 Å². The molecule has 2 rings (SSSR count). The molecule has 0 radical (unpaired) electrons. The molecular weight excluding hydrogens is 332 g/mol. The van der Waals surface area contributed by atoms with E-state index in [2.05, 4.69) is 15.6 Å². The predicted molar refractivity (Wildman–Crippen MR) is 90.9 cm³/mol. The summed E-state index contributed by atoms with van der Waals surface area (Å²) in [6.07, 6.45) is 3.19. The average molecular weight is 353 g/mol. The van der Waals surface area contributed by atoms with Crippen LogP contribution in [0.15, 0.2) is 24.5 Å². The third-order valence-electron chi connectivity index (χ3n) is 2.95. The van der Waals surface area contributed by atoms with Gasteiger partial charge in [-0.2, -0.15) is 0 Å². The first-order valence-electron chi connectivity index (χ1n) is 7.59. The van der Waals surface area contributed by atoms with Crippen LogP contribution in [-0.2, 0) is 16.1 Å². The fourth-order valence-electron chi connectivity index (χ4n) is 1.97. The highest BCUT2D eigenvalue weighted by Gasteiger charge is 2.15. The highest BCUT2D eigenvalue weighted by atomic mass is 35.5. The Bertz CT molecular complexity index is 736. The molecule has 0 aromatic carbocycles. The van der Waals surface area contributed by atoms with E-state index in [-0.39, 0.29) is 18.9 Å². The highest BCUT2D eigenvalue weighted by molar-refractivity contribution is 6.30. The quantitative estimate of drug-likeness (QED) is 0.865. The molecule has 0 aliphatic heterocycles. The number of imidazole rings is 1. The van der Waals surface area contributed by atoms with Gasteiger partial charge in [-0.25, -0.2) is 9.78 Å². The van der Waals surface area contributed by atoms with E-state index >= 15 is 0 Å². The number of fused-ring (bicyclic) bond motifs is 1. The lowest BCUT2D eigenvalue weighted by Crippen LogP contribution is -2.35. The first-order valence-corrected chi connectivity index (χ1v) is 7.97. The maximum absolute atomic E-state index is 11.8. The van der Waals surface area contributed by atoms with Gasteiger partial charge in [-0.1, -0.05) is 11.6 Å². The standard InChI is InChI=1S/C16H21ClN4O3/c1-16(2,3)24-15(23)18-7-6-14(22)19-8-12-10-21-9-11(17)4-5-13(21)20-12/h4-5,9-10H,6-8H2,1-3H3,(H,18,23)(H,19,22). The van der Waals surface area contributed by atoms with Crippen LogP contribution in [0, 0.1) is 0 Å². The maximum atomic E-state index is 11.8. The van der Waals surface area contributed by atoms with Crippen molar-refractivity contribution in [3.05, 3.63) is 35.2 Å². The lowest BCUT2D eigenvalue weighted by molar-refractivity contribution is -0.121. The normalized spacial score (nSPS) is 11.3. The van der Waals surface area contributed by atoms with Crippen molar-refractivity contribution in [2.45, 2.75) is 39.3 Å². The lowest BCUT2D eigenvalue weighted by Gasteiger charge is -2.19. The van der Waals surface area contributed by atoms with Crippen LogP contribution < -0.4 is 10.6 Å². The van der Waals surface area contributed by atoms with Crippen LogP contribution >= 0.6 is 11.6 Å². The summed E-state index contributed by atoms with van der Waals surface area (Å²) >= 11 is 5.92. The van der Waals surface area contributed by atoms with E-state index in [9.17, 15) is 9.59 Å².